The Balaban J connectivity index is 2.26. The third-order valence-electron chi connectivity index (χ3n) is 2.44. The molecular weight excluding hydrogens is 208 g/mol. The van der Waals surface area contributed by atoms with Crippen molar-refractivity contribution < 1.29 is 9.53 Å². The van der Waals surface area contributed by atoms with E-state index in [1.165, 1.54) is 0 Å². The maximum Gasteiger partial charge on any atom is 0.252 e. The number of fused-ring (bicyclic) bond motifs is 3. The van der Waals surface area contributed by atoms with Crippen molar-refractivity contribution >= 4 is 27.5 Å². The van der Waals surface area contributed by atoms with Gasteiger partial charge in [-0.15, -0.1) is 0 Å². The fourth-order valence-electron chi connectivity index (χ4n) is 1.61. The molecule has 6 heteroatoms. The van der Waals surface area contributed by atoms with Crippen LogP contribution >= 0.6 is 21.6 Å². The molecule has 0 radical (unpaired) electrons. The highest BCUT2D eigenvalue weighted by Gasteiger charge is 2.49. The summed E-state index contributed by atoms with van der Waals surface area (Å²) in [6.07, 6.45) is 0.0268. The molecule has 3 rings (SSSR count). The monoisotopic (exact) mass is 220 g/mol. The van der Waals surface area contributed by atoms with Crippen LogP contribution in [0.15, 0.2) is 0 Å². The first kappa shape index (κ1) is 9.64. The lowest BCUT2D eigenvalue weighted by Crippen LogP contribution is -2.65. The van der Waals surface area contributed by atoms with E-state index in [-0.39, 0.29) is 22.9 Å². The zero-order valence-electron chi connectivity index (χ0n) is 7.76. The summed E-state index contributed by atoms with van der Waals surface area (Å²) in [7, 11) is 8.80. The molecule has 2 bridgehead atoms. The van der Waals surface area contributed by atoms with Gasteiger partial charge in [-0.1, -0.05) is 21.6 Å². The summed E-state index contributed by atoms with van der Waals surface area (Å²) in [5.74, 6) is 0.185. The van der Waals surface area contributed by atoms with Gasteiger partial charge in [0.2, 0.25) is 0 Å². The van der Waals surface area contributed by atoms with Crippen molar-refractivity contribution in [1.29, 1.82) is 0 Å². The normalized spacial score (nSPS) is 40.1. The van der Waals surface area contributed by atoms with Crippen molar-refractivity contribution in [2.45, 2.75) is 17.0 Å². The second-order valence-corrected chi connectivity index (χ2v) is 5.65. The minimum atomic E-state index is -0.0788. The van der Waals surface area contributed by atoms with Crippen LogP contribution in [0, 0.1) is 0 Å². The molecule has 3 aliphatic rings. The zero-order valence-corrected chi connectivity index (χ0v) is 9.39. The van der Waals surface area contributed by atoms with Gasteiger partial charge < -0.3 is 9.64 Å². The highest BCUT2D eigenvalue weighted by molar-refractivity contribution is 8.77. The van der Waals surface area contributed by atoms with E-state index in [1.54, 1.807) is 33.6 Å². The molecule has 3 atom stereocenters. The molecule has 13 heavy (non-hydrogen) atoms. The van der Waals surface area contributed by atoms with E-state index < -0.39 is 0 Å². The van der Waals surface area contributed by atoms with Gasteiger partial charge in [0.1, 0.15) is 17.0 Å². The maximum absolute atomic E-state index is 11.7. The number of nitrogens with zero attached hydrogens (tertiary/aromatic N) is 2. The number of carbonyl (C=O) groups is 1. The summed E-state index contributed by atoms with van der Waals surface area (Å²) in [6.45, 7) is 0. The minimum Gasteiger partial charge on any atom is -0.363 e. The van der Waals surface area contributed by atoms with E-state index in [2.05, 4.69) is 0 Å². The van der Waals surface area contributed by atoms with Crippen LogP contribution in [0.5, 0.6) is 0 Å². The molecule has 3 heterocycles. The molecule has 0 aromatic rings. The Morgan fingerprint density at radius 2 is 2.08 bits per heavy atom. The molecule has 0 aromatic heterocycles. The molecular formula is C7H12N2O2S2. The van der Waals surface area contributed by atoms with Crippen LogP contribution in [-0.4, -0.2) is 53.9 Å². The van der Waals surface area contributed by atoms with E-state index in [0.29, 0.717) is 0 Å². The Kier molecular flexibility index (Phi) is 2.48. The summed E-state index contributed by atoms with van der Waals surface area (Å²) in [6, 6.07) is 0. The number of hydrogen-bond donors (Lipinski definition) is 0. The quantitative estimate of drug-likeness (QED) is 0.598. The standard InChI is InChI=1S/C7H12N2O2S2/c1-8-4(10)6-9(2)5(11-3)7(8)13-12-6/h5-7H,1-3H3. The third kappa shape index (κ3) is 1.27. The van der Waals surface area contributed by atoms with Crippen LogP contribution in [0.3, 0.4) is 0 Å². The van der Waals surface area contributed by atoms with Crippen molar-refractivity contribution in [2.75, 3.05) is 21.2 Å². The first-order chi connectivity index (χ1) is 6.16. The number of amides is 1. The van der Waals surface area contributed by atoms with Gasteiger partial charge in [0, 0.05) is 14.2 Å². The molecule has 4 nitrogen and oxygen atoms in total. The maximum atomic E-state index is 11.7. The zero-order chi connectivity index (χ0) is 9.59. The lowest BCUT2D eigenvalue weighted by atomic mass is 10.3. The highest BCUT2D eigenvalue weighted by atomic mass is 33.1. The summed E-state index contributed by atoms with van der Waals surface area (Å²) in [4.78, 5) is 15.4. The first-order valence-corrected chi connectivity index (χ1v) is 6.28. The summed E-state index contributed by atoms with van der Waals surface area (Å²) < 4.78 is 5.35. The predicted molar refractivity (Wildman–Crippen MR) is 54.1 cm³/mol. The topological polar surface area (TPSA) is 32.8 Å². The number of ether oxygens (including phenoxy) is 1. The fraction of sp³-hybridized carbons (Fsp3) is 0.857. The largest absolute Gasteiger partial charge is 0.363 e. The molecule has 0 N–H and O–H groups in total. The Labute approximate surface area is 85.4 Å². The Morgan fingerprint density at radius 3 is 2.69 bits per heavy atom. The summed E-state index contributed by atoms with van der Waals surface area (Å²) in [5, 5.41) is 0.0439. The van der Waals surface area contributed by atoms with Gasteiger partial charge >= 0.3 is 0 Å². The van der Waals surface area contributed by atoms with Crippen molar-refractivity contribution in [3.8, 4) is 0 Å². The van der Waals surface area contributed by atoms with Gasteiger partial charge in [-0.3, -0.25) is 9.69 Å². The van der Waals surface area contributed by atoms with Crippen molar-refractivity contribution in [3.63, 3.8) is 0 Å². The molecule has 74 valence electrons. The number of piperazine rings is 1. The molecule has 0 aromatic carbocycles. The van der Waals surface area contributed by atoms with Gasteiger partial charge in [-0.25, -0.2) is 0 Å². The van der Waals surface area contributed by atoms with Crippen LogP contribution in [0.1, 0.15) is 0 Å². The van der Waals surface area contributed by atoms with Crippen molar-refractivity contribution in [1.82, 2.24) is 9.80 Å². The van der Waals surface area contributed by atoms with Gasteiger partial charge in [-0.05, 0) is 7.05 Å². The highest BCUT2D eigenvalue weighted by Crippen LogP contribution is 2.47. The lowest BCUT2D eigenvalue weighted by Gasteiger charge is -2.50. The van der Waals surface area contributed by atoms with Crippen LogP contribution < -0.4 is 0 Å². The van der Waals surface area contributed by atoms with Crippen molar-refractivity contribution in [3.05, 3.63) is 0 Å². The van der Waals surface area contributed by atoms with Crippen LogP contribution in [-0.2, 0) is 9.53 Å². The molecule has 0 spiro atoms. The van der Waals surface area contributed by atoms with E-state index in [4.69, 9.17) is 4.74 Å². The Bertz CT molecular complexity index is 239. The van der Waals surface area contributed by atoms with Gasteiger partial charge in [-0.2, -0.15) is 0 Å². The second kappa shape index (κ2) is 3.34. The smallest absolute Gasteiger partial charge is 0.252 e. The molecule has 3 unspecified atom stereocenters. The molecule has 3 aliphatic heterocycles. The van der Waals surface area contributed by atoms with E-state index in [9.17, 15) is 4.79 Å². The SMILES string of the molecule is COC1C2SSC(C(=O)N2C)N1C. The molecule has 0 saturated carbocycles. The average Bonchev–Trinajstić information content (AvgIpc) is 2.13. The Morgan fingerprint density at radius 1 is 1.38 bits per heavy atom. The average molecular weight is 220 g/mol. The van der Waals surface area contributed by atoms with Gasteiger partial charge in [0.25, 0.3) is 5.91 Å². The molecule has 0 aliphatic carbocycles. The van der Waals surface area contributed by atoms with Gasteiger partial charge in [0.05, 0.1) is 0 Å². The molecule has 3 saturated heterocycles. The summed E-state index contributed by atoms with van der Waals surface area (Å²) in [5.41, 5.74) is 0. The van der Waals surface area contributed by atoms with Crippen LogP contribution in [0.4, 0.5) is 0 Å². The molecule has 3 fully saturated rings. The predicted octanol–water partition coefficient (Wildman–Crippen LogP) is 0.410. The van der Waals surface area contributed by atoms with Gasteiger partial charge in [0.15, 0.2) is 0 Å². The van der Waals surface area contributed by atoms with E-state index in [0.717, 1.165) is 0 Å². The number of methoxy groups -OCH3 is 1. The van der Waals surface area contributed by atoms with Crippen molar-refractivity contribution in [2.24, 2.45) is 0 Å². The minimum absolute atomic E-state index is 0.0268. The van der Waals surface area contributed by atoms with E-state index >= 15 is 0 Å². The lowest BCUT2D eigenvalue weighted by molar-refractivity contribution is -0.152. The number of hydrogen-bond acceptors (Lipinski definition) is 5. The number of carbonyl (C=O) groups excluding carboxylic acids is 1. The second-order valence-electron chi connectivity index (χ2n) is 3.18. The number of likely N-dealkylation sites (N-methyl/N-ethyl adjacent to an activating group) is 2. The number of rotatable bonds is 1. The van der Waals surface area contributed by atoms with E-state index in [1.807, 2.05) is 19.0 Å². The van der Waals surface area contributed by atoms with Crippen LogP contribution in [0.25, 0.3) is 0 Å². The Hall–Kier alpha value is 0.0900. The third-order valence-corrected chi connectivity index (χ3v) is 5.49. The fourth-order valence-corrected chi connectivity index (χ4v) is 4.95. The summed E-state index contributed by atoms with van der Waals surface area (Å²) >= 11 is 0. The first-order valence-electron chi connectivity index (χ1n) is 4.00. The molecule has 1 amide bonds. The van der Waals surface area contributed by atoms with Crippen LogP contribution in [0.2, 0.25) is 0 Å².